The lowest BCUT2D eigenvalue weighted by Gasteiger charge is -2.22. The minimum atomic E-state index is 0.0731. The summed E-state index contributed by atoms with van der Waals surface area (Å²) in [5.74, 6) is 0.992. The molecule has 1 aliphatic heterocycles. The van der Waals surface area contributed by atoms with Crippen LogP contribution in [-0.4, -0.2) is 49.1 Å². The quantitative estimate of drug-likeness (QED) is 0.708. The van der Waals surface area contributed by atoms with Crippen LogP contribution in [0, 0.1) is 0 Å². The summed E-state index contributed by atoms with van der Waals surface area (Å²) in [5, 5.41) is 0. The number of ether oxygens (including phenoxy) is 1. The monoisotopic (exact) mass is 362 g/mol. The predicted octanol–water partition coefficient (Wildman–Crippen LogP) is 2.76. The molecule has 2 rings (SSSR count). The van der Waals surface area contributed by atoms with Crippen LogP contribution in [0.5, 0.6) is 0 Å². The smallest absolute Gasteiger partial charge is 0.319 e. The van der Waals surface area contributed by atoms with Gasteiger partial charge in [-0.3, -0.25) is 0 Å². The first-order valence-corrected chi connectivity index (χ1v) is 7.35. The van der Waals surface area contributed by atoms with Crippen molar-refractivity contribution in [2.24, 2.45) is 0 Å². The average molecular weight is 362 g/mol. The molecule has 1 atom stereocenters. The van der Waals surface area contributed by atoms with Crippen molar-refractivity contribution in [2.75, 3.05) is 27.2 Å². The Morgan fingerprint density at radius 3 is 2.83 bits per heavy atom. The van der Waals surface area contributed by atoms with E-state index in [2.05, 4.69) is 34.7 Å². The number of halogens is 1. The molecule has 18 heavy (non-hydrogen) atoms. The van der Waals surface area contributed by atoms with E-state index in [1.54, 1.807) is 19.0 Å². The molecule has 0 saturated carbocycles. The maximum Gasteiger partial charge on any atom is 0.319 e. The van der Waals surface area contributed by atoms with Crippen molar-refractivity contribution in [1.29, 1.82) is 0 Å². The highest BCUT2D eigenvalue weighted by molar-refractivity contribution is 14.1. The zero-order valence-corrected chi connectivity index (χ0v) is 13.0. The molecule has 2 amide bonds. The molecule has 0 aromatic heterocycles. The van der Waals surface area contributed by atoms with E-state index >= 15 is 0 Å². The van der Waals surface area contributed by atoms with Crippen LogP contribution in [0.15, 0.2) is 21.5 Å². The Bertz CT molecular complexity index is 390. The van der Waals surface area contributed by atoms with Gasteiger partial charge < -0.3 is 14.5 Å². The highest BCUT2D eigenvalue weighted by Crippen LogP contribution is 2.28. The Morgan fingerprint density at radius 2 is 2.17 bits per heavy atom. The molecule has 1 heterocycles. The highest BCUT2D eigenvalue weighted by Gasteiger charge is 2.29. The summed E-state index contributed by atoms with van der Waals surface area (Å²) in [4.78, 5) is 15.3. The molecule has 1 aliphatic carbocycles. The van der Waals surface area contributed by atoms with Crippen molar-refractivity contribution in [3.05, 3.63) is 21.5 Å². The van der Waals surface area contributed by atoms with Crippen molar-refractivity contribution < 1.29 is 9.53 Å². The van der Waals surface area contributed by atoms with Crippen LogP contribution in [0.25, 0.3) is 0 Å². The van der Waals surface area contributed by atoms with E-state index in [0.29, 0.717) is 6.54 Å². The molecule has 100 valence electrons. The van der Waals surface area contributed by atoms with Crippen LogP contribution in [0.2, 0.25) is 0 Å². The topological polar surface area (TPSA) is 32.8 Å². The Hall–Kier alpha value is -0.720. The van der Waals surface area contributed by atoms with Gasteiger partial charge in [-0.05, 0) is 41.5 Å². The summed E-state index contributed by atoms with van der Waals surface area (Å²) in [6.07, 6.45) is 7.55. The van der Waals surface area contributed by atoms with Gasteiger partial charge in [-0.25, -0.2) is 4.79 Å². The molecule has 0 bridgehead atoms. The van der Waals surface area contributed by atoms with Gasteiger partial charge in [-0.15, -0.1) is 0 Å². The summed E-state index contributed by atoms with van der Waals surface area (Å²) < 4.78 is 7.19. The first-order valence-electron chi connectivity index (χ1n) is 6.27. The molecule has 0 aromatic carbocycles. The van der Waals surface area contributed by atoms with Crippen LogP contribution in [0.1, 0.15) is 19.3 Å². The number of amides is 2. The van der Waals surface area contributed by atoms with Gasteiger partial charge in [-0.1, -0.05) is 6.08 Å². The van der Waals surface area contributed by atoms with Gasteiger partial charge in [0.25, 0.3) is 0 Å². The summed E-state index contributed by atoms with van der Waals surface area (Å²) in [7, 11) is 3.57. The molecular formula is C13H19IN2O2. The van der Waals surface area contributed by atoms with Gasteiger partial charge in [0, 0.05) is 27.1 Å². The lowest BCUT2D eigenvalue weighted by Crippen LogP contribution is -2.38. The second-order valence-corrected chi connectivity index (χ2v) is 6.01. The molecule has 1 unspecified atom stereocenters. The minimum absolute atomic E-state index is 0.0731. The van der Waals surface area contributed by atoms with E-state index in [4.69, 9.17) is 4.74 Å². The van der Waals surface area contributed by atoms with E-state index in [0.717, 1.165) is 31.6 Å². The van der Waals surface area contributed by atoms with Gasteiger partial charge in [0.2, 0.25) is 0 Å². The number of hydrogen-bond donors (Lipinski definition) is 0. The molecule has 2 aliphatic rings. The zero-order chi connectivity index (χ0) is 13.1. The fourth-order valence-corrected chi connectivity index (χ4v) is 2.85. The third kappa shape index (κ3) is 3.18. The van der Waals surface area contributed by atoms with Crippen LogP contribution >= 0.6 is 22.6 Å². The third-order valence-electron chi connectivity index (χ3n) is 3.15. The lowest BCUT2D eigenvalue weighted by atomic mass is 10.2. The summed E-state index contributed by atoms with van der Waals surface area (Å²) >= 11 is 2.31. The molecule has 0 aromatic rings. The summed E-state index contributed by atoms with van der Waals surface area (Å²) in [6, 6.07) is 0.0731. The standard InChI is InChI=1S/C13H19IN2O2/c1-15(2)13(17)16-8-7-10(9-16)18-12-6-4-3-5-11(12)14/h5-6,10H,3-4,7-9H2,1-2H3. The SMILES string of the molecule is CN(C)C(=O)N1CCC(OC2=CCCC=C2I)C1. The Kier molecular flexibility index (Phi) is 4.53. The normalized spacial score (nSPS) is 23.5. The maximum atomic E-state index is 11.8. The van der Waals surface area contributed by atoms with Gasteiger partial charge in [0.1, 0.15) is 11.9 Å². The maximum absolute atomic E-state index is 11.8. The zero-order valence-electron chi connectivity index (χ0n) is 10.9. The number of urea groups is 1. The number of carbonyl (C=O) groups is 1. The molecule has 4 nitrogen and oxygen atoms in total. The van der Waals surface area contributed by atoms with Gasteiger partial charge in [0.05, 0.1) is 10.1 Å². The van der Waals surface area contributed by atoms with Crippen LogP contribution in [-0.2, 0) is 4.74 Å². The molecule has 1 fully saturated rings. The molecule has 0 spiro atoms. The van der Waals surface area contributed by atoms with E-state index in [1.165, 1.54) is 3.58 Å². The largest absolute Gasteiger partial charge is 0.488 e. The number of nitrogens with zero attached hydrogens (tertiary/aromatic N) is 2. The van der Waals surface area contributed by atoms with E-state index < -0.39 is 0 Å². The fourth-order valence-electron chi connectivity index (χ4n) is 2.19. The van der Waals surface area contributed by atoms with E-state index in [1.807, 2.05) is 4.90 Å². The molecule has 0 radical (unpaired) electrons. The fraction of sp³-hybridized carbons (Fsp3) is 0.615. The first-order chi connectivity index (χ1) is 8.58. The van der Waals surface area contributed by atoms with Gasteiger partial charge in [0.15, 0.2) is 0 Å². The van der Waals surface area contributed by atoms with Crippen molar-refractivity contribution in [2.45, 2.75) is 25.4 Å². The Morgan fingerprint density at radius 1 is 1.44 bits per heavy atom. The van der Waals surface area contributed by atoms with Crippen LogP contribution in [0.3, 0.4) is 0 Å². The number of rotatable bonds is 2. The van der Waals surface area contributed by atoms with E-state index in [-0.39, 0.29) is 12.1 Å². The predicted molar refractivity (Wildman–Crippen MR) is 79.6 cm³/mol. The van der Waals surface area contributed by atoms with Crippen LogP contribution in [0.4, 0.5) is 4.79 Å². The summed E-state index contributed by atoms with van der Waals surface area (Å²) in [5.41, 5.74) is 0. The van der Waals surface area contributed by atoms with Crippen molar-refractivity contribution >= 4 is 28.6 Å². The van der Waals surface area contributed by atoms with Gasteiger partial charge in [-0.2, -0.15) is 0 Å². The number of hydrogen-bond acceptors (Lipinski definition) is 2. The second kappa shape index (κ2) is 5.95. The Balaban J connectivity index is 1.88. The first kappa shape index (κ1) is 13.7. The number of allylic oxidation sites excluding steroid dienone is 3. The highest BCUT2D eigenvalue weighted by atomic mass is 127. The van der Waals surface area contributed by atoms with Crippen molar-refractivity contribution in [3.63, 3.8) is 0 Å². The number of carbonyl (C=O) groups excluding carboxylic acids is 1. The lowest BCUT2D eigenvalue weighted by molar-refractivity contribution is 0.125. The third-order valence-corrected chi connectivity index (χ3v) is 4.12. The van der Waals surface area contributed by atoms with Gasteiger partial charge >= 0.3 is 6.03 Å². The number of likely N-dealkylation sites (tertiary alicyclic amines) is 1. The molecule has 0 N–H and O–H groups in total. The van der Waals surface area contributed by atoms with Crippen molar-refractivity contribution in [3.8, 4) is 0 Å². The second-order valence-electron chi connectivity index (χ2n) is 4.85. The Labute approximate surface area is 122 Å². The van der Waals surface area contributed by atoms with Crippen LogP contribution < -0.4 is 0 Å². The molecule has 1 saturated heterocycles. The average Bonchev–Trinajstić information content (AvgIpc) is 2.79. The minimum Gasteiger partial charge on any atom is -0.488 e. The molecule has 5 heteroatoms. The van der Waals surface area contributed by atoms with E-state index in [9.17, 15) is 4.79 Å². The van der Waals surface area contributed by atoms with Crippen molar-refractivity contribution in [1.82, 2.24) is 9.80 Å². The molecular weight excluding hydrogens is 343 g/mol. The summed E-state index contributed by atoms with van der Waals surface area (Å²) in [6.45, 7) is 1.48.